The summed E-state index contributed by atoms with van der Waals surface area (Å²) in [5.74, 6) is -1.22. The smallest absolute Gasteiger partial charge is 0.341 e. The Morgan fingerprint density at radius 3 is 2.73 bits per heavy atom. The molecule has 1 N–H and O–H groups in total. The van der Waals surface area contributed by atoms with Crippen LogP contribution in [0.5, 0.6) is 0 Å². The number of carboxylic acids is 1. The molecular weight excluding hydrogens is 214 g/mol. The lowest BCUT2D eigenvalue weighted by Gasteiger charge is -1.94. The molecule has 0 amide bonds. The van der Waals surface area contributed by atoms with E-state index in [0.717, 1.165) is 0 Å². The minimum atomic E-state index is -1.22. The molecule has 0 saturated heterocycles. The van der Waals surface area contributed by atoms with E-state index in [0.29, 0.717) is 0 Å². The summed E-state index contributed by atoms with van der Waals surface area (Å²) in [5.41, 5.74) is -0.738. The Kier molecular flexibility index (Phi) is 2.09. The summed E-state index contributed by atoms with van der Waals surface area (Å²) in [7, 11) is 0. The minimum Gasteiger partial charge on any atom is -0.477 e. The molecular formula is C6H4BrNO3. The molecule has 4 nitrogen and oxygen atoms in total. The predicted molar refractivity (Wildman–Crippen MR) is 42.0 cm³/mol. The van der Waals surface area contributed by atoms with Gasteiger partial charge in [0.25, 0.3) is 0 Å². The molecule has 1 aromatic rings. The zero-order valence-corrected chi connectivity index (χ0v) is 6.91. The van der Waals surface area contributed by atoms with Crippen LogP contribution in [-0.4, -0.2) is 14.7 Å². The van der Waals surface area contributed by atoms with Crippen molar-refractivity contribution in [1.29, 1.82) is 0 Å². The van der Waals surface area contributed by atoms with E-state index >= 15 is 0 Å². The van der Waals surface area contributed by atoms with Crippen LogP contribution in [0.25, 0.3) is 0 Å². The molecule has 58 valence electrons. The summed E-state index contributed by atoms with van der Waals surface area (Å²) in [6.45, 7) is 0. The molecule has 5 heteroatoms. The van der Waals surface area contributed by atoms with E-state index < -0.39 is 11.4 Å². The SMILES string of the molecule is O=C(O)c1cn(Br)ccc1=O. The van der Waals surface area contributed by atoms with Crippen molar-refractivity contribution in [3.05, 3.63) is 34.2 Å². The maximum Gasteiger partial charge on any atom is 0.341 e. The number of carbonyl (C=O) groups is 1. The average Bonchev–Trinajstić information content (AvgIpc) is 1.94. The van der Waals surface area contributed by atoms with Crippen molar-refractivity contribution < 1.29 is 9.90 Å². The second kappa shape index (κ2) is 2.87. The van der Waals surface area contributed by atoms with Gasteiger partial charge in [0.2, 0.25) is 0 Å². The van der Waals surface area contributed by atoms with E-state index in [1.807, 2.05) is 0 Å². The molecule has 1 aromatic heterocycles. The van der Waals surface area contributed by atoms with E-state index in [1.165, 1.54) is 22.1 Å². The van der Waals surface area contributed by atoms with Crippen LogP contribution in [0.4, 0.5) is 0 Å². The molecule has 0 bridgehead atoms. The highest BCUT2D eigenvalue weighted by atomic mass is 79.9. The van der Waals surface area contributed by atoms with Gasteiger partial charge in [0.1, 0.15) is 5.56 Å². The van der Waals surface area contributed by atoms with Crippen molar-refractivity contribution in [2.75, 3.05) is 0 Å². The van der Waals surface area contributed by atoms with Crippen LogP contribution < -0.4 is 5.43 Å². The van der Waals surface area contributed by atoms with Gasteiger partial charge in [-0.15, -0.1) is 0 Å². The summed E-state index contributed by atoms with van der Waals surface area (Å²) in [5, 5.41) is 8.46. The van der Waals surface area contributed by atoms with Crippen molar-refractivity contribution in [2.24, 2.45) is 0 Å². The molecule has 0 radical (unpaired) electrons. The van der Waals surface area contributed by atoms with Gasteiger partial charge >= 0.3 is 5.97 Å². The third-order valence-corrected chi connectivity index (χ3v) is 1.56. The Bertz CT molecular complexity index is 344. The maximum atomic E-state index is 10.8. The Hall–Kier alpha value is -1.10. The van der Waals surface area contributed by atoms with Gasteiger partial charge < -0.3 is 5.11 Å². The summed E-state index contributed by atoms with van der Waals surface area (Å²) in [6.07, 6.45) is 2.62. The quantitative estimate of drug-likeness (QED) is 0.754. The Balaban J connectivity index is 3.35. The fraction of sp³-hybridized carbons (Fsp3) is 0. The third kappa shape index (κ3) is 1.68. The summed E-state index contributed by atoms with van der Waals surface area (Å²) >= 11 is 2.98. The van der Waals surface area contributed by atoms with Crippen molar-refractivity contribution in [3.8, 4) is 0 Å². The number of carboxylic acid groups (broad SMARTS) is 1. The minimum absolute atomic E-state index is 0.246. The lowest BCUT2D eigenvalue weighted by Crippen LogP contribution is -2.14. The highest BCUT2D eigenvalue weighted by Gasteiger charge is 2.06. The molecule has 0 aromatic carbocycles. The molecule has 0 saturated carbocycles. The van der Waals surface area contributed by atoms with Gasteiger partial charge in [-0.05, 0) is 0 Å². The van der Waals surface area contributed by atoms with E-state index in [4.69, 9.17) is 5.11 Å². The van der Waals surface area contributed by atoms with E-state index in [9.17, 15) is 9.59 Å². The fourth-order valence-corrected chi connectivity index (χ4v) is 0.942. The van der Waals surface area contributed by atoms with Crippen LogP contribution in [0.2, 0.25) is 0 Å². The van der Waals surface area contributed by atoms with Gasteiger partial charge in [-0.25, -0.2) is 4.79 Å². The monoisotopic (exact) mass is 217 g/mol. The number of aromatic nitrogens is 1. The van der Waals surface area contributed by atoms with E-state index in [1.54, 1.807) is 0 Å². The lowest BCUT2D eigenvalue weighted by molar-refractivity contribution is 0.0695. The van der Waals surface area contributed by atoms with Gasteiger partial charge in [0, 0.05) is 18.5 Å². The topological polar surface area (TPSA) is 59.3 Å². The van der Waals surface area contributed by atoms with Gasteiger partial charge in [0.15, 0.2) is 5.43 Å². The molecule has 0 spiro atoms. The van der Waals surface area contributed by atoms with Crippen LogP contribution in [0.3, 0.4) is 0 Å². The summed E-state index contributed by atoms with van der Waals surface area (Å²) < 4.78 is 1.33. The Morgan fingerprint density at radius 1 is 1.64 bits per heavy atom. The molecule has 0 aliphatic heterocycles. The van der Waals surface area contributed by atoms with Gasteiger partial charge in [-0.2, -0.15) is 0 Å². The summed E-state index contributed by atoms with van der Waals surface area (Å²) in [4.78, 5) is 21.1. The number of halogens is 1. The maximum absolute atomic E-state index is 10.8. The highest BCUT2D eigenvalue weighted by molar-refractivity contribution is 9.08. The number of hydrogen-bond acceptors (Lipinski definition) is 2. The zero-order chi connectivity index (χ0) is 8.43. The van der Waals surface area contributed by atoms with Crippen LogP contribution in [0.15, 0.2) is 23.3 Å². The molecule has 0 aliphatic carbocycles. The first-order valence-corrected chi connectivity index (χ1v) is 3.44. The van der Waals surface area contributed by atoms with Crippen LogP contribution >= 0.6 is 16.1 Å². The van der Waals surface area contributed by atoms with E-state index in [-0.39, 0.29) is 5.56 Å². The second-order valence-electron chi connectivity index (χ2n) is 1.87. The third-order valence-electron chi connectivity index (χ3n) is 1.12. The summed E-state index contributed by atoms with van der Waals surface area (Å²) in [6, 6.07) is 1.18. The lowest BCUT2D eigenvalue weighted by atomic mass is 10.3. The number of nitrogens with zero attached hydrogens (tertiary/aromatic N) is 1. The first-order chi connectivity index (χ1) is 5.11. The Labute approximate surface area is 70.4 Å². The van der Waals surface area contributed by atoms with Crippen molar-refractivity contribution >= 4 is 22.1 Å². The van der Waals surface area contributed by atoms with Gasteiger partial charge in [0.05, 0.1) is 16.1 Å². The molecule has 0 aliphatic rings. The van der Waals surface area contributed by atoms with Crippen molar-refractivity contribution in [1.82, 2.24) is 3.59 Å². The molecule has 1 rings (SSSR count). The van der Waals surface area contributed by atoms with Crippen molar-refractivity contribution in [3.63, 3.8) is 0 Å². The number of hydrogen-bond donors (Lipinski definition) is 1. The van der Waals surface area contributed by atoms with Crippen molar-refractivity contribution in [2.45, 2.75) is 0 Å². The largest absolute Gasteiger partial charge is 0.477 e. The van der Waals surface area contributed by atoms with Gasteiger partial charge in [-0.3, -0.25) is 8.39 Å². The van der Waals surface area contributed by atoms with Crippen LogP contribution in [-0.2, 0) is 0 Å². The highest BCUT2D eigenvalue weighted by Crippen LogP contribution is 1.95. The molecule has 11 heavy (non-hydrogen) atoms. The van der Waals surface area contributed by atoms with E-state index in [2.05, 4.69) is 16.1 Å². The molecule has 0 fully saturated rings. The normalized spacial score (nSPS) is 9.55. The Morgan fingerprint density at radius 2 is 2.27 bits per heavy atom. The molecule has 1 heterocycles. The zero-order valence-electron chi connectivity index (χ0n) is 5.32. The molecule has 0 atom stereocenters. The first-order valence-electron chi connectivity index (χ1n) is 2.73. The predicted octanol–water partition coefficient (Wildman–Crippen LogP) is 0.705. The molecule has 0 unspecified atom stereocenters. The fourth-order valence-electron chi connectivity index (χ4n) is 0.619. The van der Waals surface area contributed by atoms with Crippen LogP contribution in [0.1, 0.15) is 10.4 Å². The number of aromatic carboxylic acids is 1. The average molecular weight is 218 g/mol. The number of rotatable bonds is 1. The first kappa shape index (κ1) is 8.00. The standard InChI is InChI=1S/C6H4BrNO3/c7-8-2-1-5(9)4(3-8)6(10)11/h1-3H,(H,10,11). The van der Waals surface area contributed by atoms with Crippen LogP contribution in [0, 0.1) is 0 Å². The number of pyridine rings is 1. The second-order valence-corrected chi connectivity index (χ2v) is 2.69. The van der Waals surface area contributed by atoms with Gasteiger partial charge in [-0.1, -0.05) is 0 Å².